The van der Waals surface area contributed by atoms with Crippen molar-refractivity contribution in [2.24, 2.45) is 5.41 Å². The maximum Gasteiger partial charge on any atom is 0.306 e. The summed E-state index contributed by atoms with van der Waals surface area (Å²) >= 11 is 0. The van der Waals surface area contributed by atoms with E-state index in [1.54, 1.807) is 42.5 Å². The lowest BCUT2D eigenvalue weighted by Crippen LogP contribution is -2.55. The zero-order valence-electron chi connectivity index (χ0n) is 39.9. The number of nitrogens with one attached hydrogen (secondary N) is 4. The Kier molecular flexibility index (Phi) is 24.9. The van der Waals surface area contributed by atoms with Crippen molar-refractivity contribution in [2.45, 2.75) is 104 Å². The highest BCUT2D eigenvalue weighted by molar-refractivity contribution is 5.97. The molecule has 18 nitrogen and oxygen atoms in total. The first-order valence-corrected chi connectivity index (χ1v) is 22.8. The van der Waals surface area contributed by atoms with E-state index in [0.29, 0.717) is 43.7 Å². The van der Waals surface area contributed by atoms with E-state index in [-0.39, 0.29) is 95.1 Å². The van der Waals surface area contributed by atoms with Gasteiger partial charge in [0.05, 0.1) is 25.4 Å². The third-order valence-electron chi connectivity index (χ3n) is 10.6. The van der Waals surface area contributed by atoms with Crippen LogP contribution in [0.15, 0.2) is 85.0 Å². The molecule has 1 heterocycles. The van der Waals surface area contributed by atoms with Gasteiger partial charge in [0.2, 0.25) is 11.8 Å². The first kappa shape index (κ1) is 56.6. The second kappa shape index (κ2) is 29.9. The Balaban J connectivity index is 1.24. The SMILES string of the molecule is C=C/C=C(\C=C\c1ccc(OCC(=O)NCCC(C)(C)OCCC(C)(C)C(=O)NCCOCCO[C@@H]2O[C@@H](C)C(=O)[C@@H](O)[C@H]2O)cc1)C(=O)NCCNC(=O)CCCC(=O)OCc1ccccc1. The number of hydrogen-bond acceptors (Lipinski definition) is 14. The molecule has 18 heteroatoms. The number of ketones is 1. The summed E-state index contributed by atoms with van der Waals surface area (Å²) < 4.78 is 33.1. The van der Waals surface area contributed by atoms with Crippen LogP contribution in [0.5, 0.6) is 5.75 Å². The highest BCUT2D eigenvalue weighted by atomic mass is 16.7. The molecule has 0 radical (unpaired) electrons. The minimum atomic E-state index is -1.57. The molecule has 0 spiro atoms. The van der Waals surface area contributed by atoms with Crippen molar-refractivity contribution in [3.05, 3.63) is 96.1 Å². The molecule has 4 amide bonds. The second-order valence-electron chi connectivity index (χ2n) is 17.2. The molecule has 1 aliphatic heterocycles. The zero-order chi connectivity index (χ0) is 50.0. The summed E-state index contributed by atoms with van der Waals surface area (Å²) in [5, 5.41) is 30.9. The van der Waals surface area contributed by atoms with Gasteiger partial charge in [-0.15, -0.1) is 0 Å². The van der Waals surface area contributed by atoms with Crippen molar-refractivity contribution in [3.63, 3.8) is 0 Å². The largest absolute Gasteiger partial charge is 0.484 e. The first-order valence-electron chi connectivity index (χ1n) is 22.8. The van der Waals surface area contributed by atoms with Crippen LogP contribution in [-0.2, 0) is 59.1 Å². The maximum absolute atomic E-state index is 12.8. The van der Waals surface area contributed by atoms with E-state index in [0.717, 1.165) is 11.1 Å². The van der Waals surface area contributed by atoms with E-state index in [1.165, 1.54) is 13.0 Å². The predicted molar refractivity (Wildman–Crippen MR) is 253 cm³/mol. The number of esters is 1. The van der Waals surface area contributed by atoms with Crippen molar-refractivity contribution in [3.8, 4) is 5.75 Å². The maximum atomic E-state index is 12.8. The number of Topliss-reactive ketones (excluding diaryl/α,β-unsaturated/α-hetero) is 1. The third-order valence-corrected chi connectivity index (χ3v) is 10.6. The van der Waals surface area contributed by atoms with Crippen molar-refractivity contribution >= 4 is 41.5 Å². The minimum absolute atomic E-state index is 0.0483. The number of ether oxygens (including phenoxy) is 6. The van der Waals surface area contributed by atoms with Gasteiger partial charge in [-0.2, -0.15) is 0 Å². The van der Waals surface area contributed by atoms with Crippen LogP contribution in [0.2, 0.25) is 0 Å². The number of hydrogen-bond donors (Lipinski definition) is 6. The van der Waals surface area contributed by atoms with Crippen molar-refractivity contribution in [1.29, 1.82) is 0 Å². The van der Waals surface area contributed by atoms with Gasteiger partial charge < -0.3 is 59.9 Å². The normalized spacial score (nSPS) is 17.6. The number of carbonyl (C=O) groups is 6. The Labute approximate surface area is 399 Å². The van der Waals surface area contributed by atoms with Gasteiger partial charge in [-0.05, 0) is 69.4 Å². The predicted octanol–water partition coefficient (Wildman–Crippen LogP) is 3.24. The molecule has 0 aromatic heterocycles. The second-order valence-corrected chi connectivity index (χ2v) is 17.2. The van der Waals surface area contributed by atoms with Crippen LogP contribution < -0.4 is 26.0 Å². The molecule has 2 aromatic carbocycles. The molecule has 0 bridgehead atoms. The van der Waals surface area contributed by atoms with E-state index in [1.807, 2.05) is 58.0 Å². The van der Waals surface area contributed by atoms with E-state index >= 15 is 0 Å². The topological polar surface area (TPSA) is 246 Å². The highest BCUT2D eigenvalue weighted by Gasteiger charge is 2.42. The van der Waals surface area contributed by atoms with Crippen LogP contribution in [0.1, 0.15) is 77.8 Å². The third kappa shape index (κ3) is 21.9. The number of benzene rings is 2. The average molecular weight is 951 g/mol. The smallest absolute Gasteiger partial charge is 0.306 e. The Hall–Kier alpha value is -5.76. The fourth-order valence-corrected chi connectivity index (χ4v) is 6.28. The summed E-state index contributed by atoms with van der Waals surface area (Å²) in [6.45, 7) is 14.4. The van der Waals surface area contributed by atoms with E-state index in [2.05, 4.69) is 27.8 Å². The van der Waals surface area contributed by atoms with Crippen LogP contribution in [-0.4, -0.2) is 135 Å². The number of carbonyl (C=O) groups excluding carboxylic acids is 6. The standard InChI is InChI=1S/C50H70N4O14/c1-7-12-38(46(61)53-27-26-52-40(55)15-11-16-42(57)66-33-37-13-9-8-10-14-37)20-17-36-18-21-39(22-19-36)65-34-41(56)51-25-23-50(5,6)67-29-24-49(3,4)48(62)54-28-30-63-31-32-64-47-45(60)44(59)43(58)35(2)68-47/h7-10,12-14,17-22,35,44-45,47,59-60H,1,11,15-16,23-34H2,2-6H3,(H,51,56)(H,52,55)(H,53,61)(H,54,62)/b20-17+,38-12+/t35-,44+,45+,47+/m0/s1. The Morgan fingerprint density at radius 2 is 1.51 bits per heavy atom. The van der Waals surface area contributed by atoms with Gasteiger partial charge >= 0.3 is 5.97 Å². The molecule has 68 heavy (non-hydrogen) atoms. The molecule has 0 saturated carbocycles. The molecule has 0 aliphatic carbocycles. The highest BCUT2D eigenvalue weighted by Crippen LogP contribution is 2.23. The number of aliphatic hydroxyl groups is 2. The fraction of sp³-hybridized carbons (Fsp3) is 0.520. The van der Waals surface area contributed by atoms with Crippen LogP contribution in [0, 0.1) is 5.41 Å². The summed E-state index contributed by atoms with van der Waals surface area (Å²) in [7, 11) is 0. The summed E-state index contributed by atoms with van der Waals surface area (Å²) in [5.74, 6) is -1.54. The van der Waals surface area contributed by atoms with Crippen LogP contribution in [0.4, 0.5) is 0 Å². The number of allylic oxidation sites excluding steroid dienone is 2. The lowest BCUT2D eigenvalue weighted by molar-refractivity contribution is -0.253. The van der Waals surface area contributed by atoms with E-state index < -0.39 is 41.4 Å². The summed E-state index contributed by atoms with van der Waals surface area (Å²) in [6.07, 6.45) is 2.98. The average Bonchev–Trinajstić information content (AvgIpc) is 3.31. The van der Waals surface area contributed by atoms with E-state index in [9.17, 15) is 39.0 Å². The van der Waals surface area contributed by atoms with Gasteiger partial charge in [0, 0.05) is 56.6 Å². The van der Waals surface area contributed by atoms with Crippen LogP contribution in [0.3, 0.4) is 0 Å². The lowest BCUT2D eigenvalue weighted by atomic mass is 9.88. The molecular formula is C50H70N4O14. The van der Waals surface area contributed by atoms with Gasteiger partial charge in [0.1, 0.15) is 30.7 Å². The molecular weight excluding hydrogens is 881 g/mol. The molecule has 2 aromatic rings. The minimum Gasteiger partial charge on any atom is -0.484 e. The molecule has 374 valence electrons. The van der Waals surface area contributed by atoms with Crippen molar-refractivity contribution in [1.82, 2.24) is 21.3 Å². The van der Waals surface area contributed by atoms with Gasteiger partial charge in [0.15, 0.2) is 18.7 Å². The Morgan fingerprint density at radius 1 is 0.809 bits per heavy atom. The summed E-state index contributed by atoms with van der Waals surface area (Å²) in [5.41, 5.74) is 0.729. The Bertz CT molecular complexity index is 1990. The quantitative estimate of drug-likeness (QED) is 0.0275. The number of aliphatic hydroxyl groups excluding tert-OH is 2. The molecule has 1 saturated heterocycles. The van der Waals surface area contributed by atoms with Gasteiger partial charge in [0.25, 0.3) is 11.8 Å². The van der Waals surface area contributed by atoms with Gasteiger partial charge in [-0.1, -0.05) is 81.1 Å². The number of amides is 4. The first-order chi connectivity index (χ1) is 32.4. The fourth-order valence-electron chi connectivity index (χ4n) is 6.28. The monoisotopic (exact) mass is 950 g/mol. The number of rotatable bonds is 31. The molecule has 1 aliphatic rings. The summed E-state index contributed by atoms with van der Waals surface area (Å²) in [4.78, 5) is 74.0. The Morgan fingerprint density at radius 3 is 2.24 bits per heavy atom. The van der Waals surface area contributed by atoms with Crippen molar-refractivity contribution in [2.75, 3.05) is 59.2 Å². The summed E-state index contributed by atoms with van der Waals surface area (Å²) in [6, 6.07) is 16.3. The van der Waals surface area contributed by atoms with Gasteiger partial charge in [-0.25, -0.2) is 0 Å². The lowest BCUT2D eigenvalue weighted by Gasteiger charge is -2.34. The molecule has 0 unspecified atom stereocenters. The zero-order valence-corrected chi connectivity index (χ0v) is 39.9. The van der Waals surface area contributed by atoms with Crippen LogP contribution in [0.25, 0.3) is 6.08 Å². The van der Waals surface area contributed by atoms with E-state index in [4.69, 9.17) is 28.4 Å². The molecule has 3 rings (SSSR count). The van der Waals surface area contributed by atoms with Crippen LogP contribution >= 0.6 is 0 Å². The molecule has 4 atom stereocenters. The molecule has 6 N–H and O–H groups in total. The van der Waals surface area contributed by atoms with Crippen molar-refractivity contribution < 1.29 is 67.4 Å². The van der Waals surface area contributed by atoms with Gasteiger partial charge in [-0.3, -0.25) is 28.8 Å². The molecule has 1 fully saturated rings.